The van der Waals surface area contributed by atoms with Gasteiger partial charge in [0, 0.05) is 24.2 Å². The maximum Gasteiger partial charge on any atom is 0.228 e. The molecule has 0 saturated carbocycles. The first-order valence-corrected chi connectivity index (χ1v) is 11.7. The number of carbonyl (C=O) groups excluding carboxylic acids is 1. The Labute approximate surface area is 196 Å². The quantitative estimate of drug-likeness (QED) is 0.526. The lowest BCUT2D eigenvalue weighted by molar-refractivity contribution is -0.121. The van der Waals surface area contributed by atoms with E-state index in [1.807, 2.05) is 38.5 Å². The number of nitrogens with zero attached hydrogens (tertiary/aromatic N) is 2. The molecule has 0 fully saturated rings. The number of amides is 1. The van der Waals surface area contributed by atoms with Gasteiger partial charge in [0.05, 0.1) is 11.9 Å². The molecule has 2 unspecified atom stereocenters. The highest BCUT2D eigenvalue weighted by Crippen LogP contribution is 2.36. The molecule has 1 amide bonds. The molecule has 0 saturated heterocycles. The van der Waals surface area contributed by atoms with Crippen LogP contribution in [0.5, 0.6) is 5.75 Å². The fourth-order valence-electron chi connectivity index (χ4n) is 4.60. The maximum absolute atomic E-state index is 13.5. The molecule has 2 N–H and O–H groups in total. The van der Waals surface area contributed by atoms with Gasteiger partial charge in [-0.15, -0.1) is 0 Å². The number of aromatic nitrogens is 2. The van der Waals surface area contributed by atoms with Crippen molar-refractivity contribution >= 4 is 11.6 Å². The Bertz CT molecular complexity index is 1090. The molecule has 33 heavy (non-hydrogen) atoms. The zero-order valence-electron chi connectivity index (χ0n) is 20.0. The fourth-order valence-corrected chi connectivity index (χ4v) is 4.60. The first-order chi connectivity index (χ1) is 15.9. The van der Waals surface area contributed by atoms with E-state index in [1.165, 1.54) is 16.7 Å². The van der Waals surface area contributed by atoms with Crippen molar-refractivity contribution < 1.29 is 9.53 Å². The van der Waals surface area contributed by atoms with Crippen LogP contribution in [-0.2, 0) is 17.6 Å². The summed E-state index contributed by atoms with van der Waals surface area (Å²) in [6, 6.07) is 12.5. The molecule has 2 atom stereocenters. The lowest BCUT2D eigenvalue weighted by Crippen LogP contribution is -2.35. The normalized spacial score (nSPS) is 17.6. The summed E-state index contributed by atoms with van der Waals surface area (Å²) in [5, 5.41) is 10.1. The van der Waals surface area contributed by atoms with Crippen LogP contribution >= 0.6 is 0 Å². The number of rotatable bonds is 8. The highest BCUT2D eigenvalue weighted by atomic mass is 16.5. The van der Waals surface area contributed by atoms with Crippen LogP contribution in [0.25, 0.3) is 11.1 Å². The minimum atomic E-state index is -0.0486. The Morgan fingerprint density at radius 3 is 2.73 bits per heavy atom. The molecule has 0 aliphatic heterocycles. The predicted octanol–water partition coefficient (Wildman–Crippen LogP) is 4.71. The molecular formula is C27H34N4O2. The molecule has 1 aliphatic rings. The summed E-state index contributed by atoms with van der Waals surface area (Å²) in [6.45, 7) is 5.62. The van der Waals surface area contributed by atoms with Crippen molar-refractivity contribution in [1.82, 2.24) is 15.1 Å². The third-order valence-electron chi connectivity index (χ3n) is 6.58. The number of fused-ring (bicyclic) bond motifs is 1. The van der Waals surface area contributed by atoms with E-state index in [9.17, 15) is 4.79 Å². The Kier molecular flexibility index (Phi) is 7.14. The van der Waals surface area contributed by atoms with E-state index < -0.39 is 0 Å². The van der Waals surface area contributed by atoms with Gasteiger partial charge >= 0.3 is 0 Å². The Morgan fingerprint density at radius 2 is 2.00 bits per heavy atom. The average Bonchev–Trinajstić information content (AvgIpc) is 3.34. The minimum absolute atomic E-state index is 0.0486. The smallest absolute Gasteiger partial charge is 0.228 e. The average molecular weight is 447 g/mol. The number of carbonyl (C=O) groups is 1. The van der Waals surface area contributed by atoms with Gasteiger partial charge in [-0.05, 0) is 68.6 Å². The molecule has 0 spiro atoms. The van der Waals surface area contributed by atoms with E-state index in [4.69, 9.17) is 4.74 Å². The van der Waals surface area contributed by atoms with Crippen molar-refractivity contribution in [3.8, 4) is 16.9 Å². The van der Waals surface area contributed by atoms with Gasteiger partial charge < -0.3 is 15.0 Å². The van der Waals surface area contributed by atoms with Crippen LogP contribution in [0.1, 0.15) is 30.0 Å². The number of H-pyrrole nitrogens is 1. The lowest BCUT2D eigenvalue weighted by Gasteiger charge is -2.32. The van der Waals surface area contributed by atoms with Crippen LogP contribution in [0.2, 0.25) is 0 Å². The molecule has 1 aromatic heterocycles. The summed E-state index contributed by atoms with van der Waals surface area (Å²) in [5.74, 6) is 1.04. The van der Waals surface area contributed by atoms with E-state index in [1.54, 1.807) is 6.20 Å². The number of nitrogens with one attached hydrogen (secondary N) is 2. The third kappa shape index (κ3) is 5.45. The molecule has 0 bridgehead atoms. The zero-order valence-corrected chi connectivity index (χ0v) is 20.0. The highest BCUT2D eigenvalue weighted by molar-refractivity contribution is 5.95. The number of anilines is 1. The second-order valence-corrected chi connectivity index (χ2v) is 9.29. The molecule has 4 rings (SSSR count). The first-order valence-electron chi connectivity index (χ1n) is 11.7. The van der Waals surface area contributed by atoms with Crippen molar-refractivity contribution in [1.29, 1.82) is 0 Å². The van der Waals surface area contributed by atoms with Gasteiger partial charge in [0.25, 0.3) is 0 Å². The summed E-state index contributed by atoms with van der Waals surface area (Å²) in [5.41, 5.74) is 6.63. The molecule has 3 aromatic rings. The van der Waals surface area contributed by atoms with E-state index in [-0.39, 0.29) is 11.8 Å². The standard InChI is InChI=1S/C27H34N4O2/c1-5-19-13-20-7-6-18(2)12-22(20)14-24(19)27(32)30-25-9-8-21(23-16-28-29-17-23)15-26(25)33-11-10-31(3)4/h6-9,12,15-17,19,24H,5,10-11,13-14H2,1-4H3,(H,28,29)(H,30,32). The van der Waals surface area contributed by atoms with Crippen molar-refractivity contribution in [3.63, 3.8) is 0 Å². The highest BCUT2D eigenvalue weighted by Gasteiger charge is 2.33. The topological polar surface area (TPSA) is 70.2 Å². The summed E-state index contributed by atoms with van der Waals surface area (Å²) in [7, 11) is 4.03. The number of hydrogen-bond donors (Lipinski definition) is 2. The molecule has 0 radical (unpaired) electrons. The van der Waals surface area contributed by atoms with Gasteiger partial charge in [0.15, 0.2) is 0 Å². The third-order valence-corrected chi connectivity index (χ3v) is 6.58. The van der Waals surface area contributed by atoms with E-state index in [0.717, 1.165) is 42.6 Å². The van der Waals surface area contributed by atoms with Crippen molar-refractivity contribution in [2.24, 2.45) is 11.8 Å². The number of aryl methyl sites for hydroxylation is 1. The molecule has 6 nitrogen and oxygen atoms in total. The van der Waals surface area contributed by atoms with Crippen LogP contribution < -0.4 is 10.1 Å². The van der Waals surface area contributed by atoms with E-state index in [2.05, 4.69) is 52.5 Å². The molecule has 1 heterocycles. The molecule has 2 aromatic carbocycles. The van der Waals surface area contributed by atoms with Crippen molar-refractivity contribution in [2.45, 2.75) is 33.1 Å². The Morgan fingerprint density at radius 1 is 1.15 bits per heavy atom. The van der Waals surface area contributed by atoms with Crippen LogP contribution in [-0.4, -0.2) is 48.3 Å². The largest absolute Gasteiger partial charge is 0.490 e. The number of hydrogen-bond acceptors (Lipinski definition) is 4. The van der Waals surface area contributed by atoms with Crippen LogP contribution in [0.4, 0.5) is 5.69 Å². The summed E-state index contributed by atoms with van der Waals surface area (Å²) >= 11 is 0. The molecule has 6 heteroatoms. The number of benzene rings is 2. The monoisotopic (exact) mass is 446 g/mol. The summed E-state index contributed by atoms with van der Waals surface area (Å²) < 4.78 is 6.11. The molecule has 174 valence electrons. The van der Waals surface area contributed by atoms with Gasteiger partial charge in [0.1, 0.15) is 12.4 Å². The van der Waals surface area contributed by atoms with Crippen molar-refractivity contribution in [3.05, 3.63) is 65.5 Å². The lowest BCUT2D eigenvalue weighted by atomic mass is 9.74. The fraction of sp³-hybridized carbons (Fsp3) is 0.407. The van der Waals surface area contributed by atoms with Crippen LogP contribution in [0, 0.1) is 18.8 Å². The minimum Gasteiger partial charge on any atom is -0.490 e. The molecular weight excluding hydrogens is 412 g/mol. The number of likely N-dealkylation sites (N-methyl/N-ethyl adjacent to an activating group) is 1. The second-order valence-electron chi connectivity index (χ2n) is 9.29. The predicted molar refractivity (Wildman–Crippen MR) is 133 cm³/mol. The van der Waals surface area contributed by atoms with Crippen LogP contribution in [0.15, 0.2) is 48.8 Å². The van der Waals surface area contributed by atoms with Crippen LogP contribution in [0.3, 0.4) is 0 Å². The van der Waals surface area contributed by atoms with Gasteiger partial charge in [-0.3, -0.25) is 9.89 Å². The van der Waals surface area contributed by atoms with Gasteiger partial charge in [-0.1, -0.05) is 43.2 Å². The Hall–Kier alpha value is -3.12. The summed E-state index contributed by atoms with van der Waals surface area (Å²) in [6.07, 6.45) is 6.35. The number of aromatic amines is 1. The molecule has 1 aliphatic carbocycles. The summed E-state index contributed by atoms with van der Waals surface area (Å²) in [4.78, 5) is 15.6. The zero-order chi connectivity index (χ0) is 23.4. The Balaban J connectivity index is 1.56. The first kappa shape index (κ1) is 23.1. The maximum atomic E-state index is 13.5. The van der Waals surface area contributed by atoms with Gasteiger partial charge in [0.2, 0.25) is 5.91 Å². The van der Waals surface area contributed by atoms with Gasteiger partial charge in [-0.25, -0.2) is 0 Å². The van der Waals surface area contributed by atoms with E-state index in [0.29, 0.717) is 18.3 Å². The number of ether oxygens (including phenoxy) is 1. The SMILES string of the molecule is CCC1Cc2ccc(C)cc2CC1C(=O)Nc1ccc(-c2cn[nH]c2)cc1OCCN(C)C. The van der Waals surface area contributed by atoms with E-state index >= 15 is 0 Å². The van der Waals surface area contributed by atoms with Gasteiger partial charge in [-0.2, -0.15) is 5.10 Å². The van der Waals surface area contributed by atoms with Crippen molar-refractivity contribution in [2.75, 3.05) is 32.6 Å². The second kappa shape index (κ2) is 10.2.